The van der Waals surface area contributed by atoms with Crippen molar-refractivity contribution in [2.75, 3.05) is 52.9 Å². The maximum atomic E-state index is 14.7. The van der Waals surface area contributed by atoms with Crippen molar-refractivity contribution in [2.45, 2.75) is 478 Å². The molecule has 7 fully saturated rings. The summed E-state index contributed by atoms with van der Waals surface area (Å²) in [5.74, 6) is -23.3. The number of aliphatic carboxylic acids is 3. The van der Waals surface area contributed by atoms with Gasteiger partial charge >= 0.3 is 23.9 Å². The molecule has 0 aliphatic carbocycles. The SMILES string of the molecule is CCCCCCCCCCCCC/C=C/[C@@H](O)[C@H](CO[C@@H]1OC(CO)[C@@H](O[C@@H]2OC(CO)[C@H](O[C@@H]3OC(CO)[C@H](O)[C@H](O[C@@H]4OC(CO)[C@H](O)[C@H](O[C@]5(C(=O)O)CC(O)[C@@H](NC(C)=O)C([C@H](O)[C@H](O)CO)O5)C4O)C3NC(C)=O)[C@H](O[C@]3(C(=O)O)CC(O)[C@@H](NC(C)=O)C([C@H](O)[C@@H](CO)O[C@]4(C(=O)O)CC(O)[C@@H](NC(C)=O)C([C@H](O)[C@H](O)COC(C)=O)O4)O3)C2O)[C@H](O)C1O)NC(=O)CCCCCCCCCCCCCCC. The van der Waals surface area contributed by atoms with Crippen LogP contribution >= 0.6 is 0 Å². The number of aliphatic hydroxyl groups excluding tert-OH is 21. The molecular weight excluding hydrogens is 1980 g/mol. The van der Waals surface area contributed by atoms with Crippen LogP contribution in [0.4, 0.5) is 0 Å². The second-order valence-electron chi connectivity index (χ2n) is 39.1. The first-order valence-electron chi connectivity index (χ1n) is 51.2. The third-order valence-electron chi connectivity index (χ3n) is 27.4. The average Bonchev–Trinajstić information content (AvgIpc) is 0.721. The minimum atomic E-state index is -3.83. The molecule has 0 bridgehead atoms. The molecule has 0 aromatic heterocycles. The van der Waals surface area contributed by atoms with Gasteiger partial charge in [-0.2, -0.15) is 0 Å². The highest BCUT2D eigenvalue weighted by atomic mass is 16.8. The predicted octanol–water partition coefficient (Wildman–Crippen LogP) is -6.90. The van der Waals surface area contributed by atoms with Crippen molar-refractivity contribution in [3.8, 4) is 0 Å². The van der Waals surface area contributed by atoms with Crippen LogP contribution < -0.4 is 26.6 Å². The molecule has 40 atom stereocenters. The van der Waals surface area contributed by atoms with Crippen molar-refractivity contribution in [3.63, 3.8) is 0 Å². The lowest BCUT2D eigenvalue weighted by atomic mass is 9.87. The number of carboxylic acid groups (broad SMARTS) is 3. The van der Waals surface area contributed by atoms with Crippen LogP contribution in [0, 0.1) is 0 Å². The van der Waals surface area contributed by atoms with Crippen LogP contribution in [-0.2, 0) is 114 Å². The Kier molecular flexibility index (Phi) is 54.6. The molecule has 14 unspecified atom stereocenters. The molecule has 53 heteroatoms. The minimum Gasteiger partial charge on any atom is -0.477 e. The molecule has 53 nitrogen and oxygen atoms in total. The number of nitrogens with one attached hydrogen (secondary N) is 5. The van der Waals surface area contributed by atoms with E-state index >= 15 is 0 Å². The molecular formula is C95H163N5O48. The fourth-order valence-electron chi connectivity index (χ4n) is 19.3. The predicted molar refractivity (Wildman–Crippen MR) is 502 cm³/mol. The molecule has 0 aromatic rings. The van der Waals surface area contributed by atoms with Crippen LogP contribution in [0.15, 0.2) is 12.2 Å². The number of carbonyl (C=O) groups excluding carboxylic acids is 6. The van der Waals surface area contributed by atoms with Gasteiger partial charge in [0.25, 0.3) is 17.4 Å². The smallest absolute Gasteiger partial charge is 0.364 e. The number of ether oxygens (including phenoxy) is 15. The van der Waals surface area contributed by atoms with Gasteiger partial charge in [0.05, 0.1) is 94.8 Å². The van der Waals surface area contributed by atoms with Crippen LogP contribution in [0.5, 0.6) is 0 Å². The lowest BCUT2D eigenvalue weighted by molar-refractivity contribution is -0.405. The van der Waals surface area contributed by atoms with Gasteiger partial charge < -0.3 is 220 Å². The van der Waals surface area contributed by atoms with E-state index in [4.69, 9.17) is 71.1 Å². The summed E-state index contributed by atoms with van der Waals surface area (Å²) < 4.78 is 89.5. The lowest BCUT2D eigenvalue weighted by Gasteiger charge is -2.53. The molecule has 7 heterocycles. The van der Waals surface area contributed by atoms with Gasteiger partial charge in [0.1, 0.15) is 159 Å². The quantitative estimate of drug-likeness (QED) is 0.0153. The standard InChI is InChI=1S/C95H163N5O48/c1-8-10-12-14-16-18-20-22-24-26-28-30-32-34-53(112)52(100-64(118)35-33-31-29-27-25-23-21-19-17-15-13-11-9-2)45-135-87-75(125)74(124)78(62(43-105)138-87)140-89-77(127)85(148-95(92(132)133)38-56(115)67(98-49(5)109)83(146-95)73(123)61(42-104)143-93(90(128)129)36-54(113)66(97-48(4)108)82(144-93)70(120)58(117)46-134-51(7)111)79(63(44-106)139-89)141-86-68(99-50(6)110)80(71(121)59(40-102)136-86)142-88-76(126)84(72(122)60(41-103)137-88)147-94(91(130)131)37-55(114)65(96-47(3)107)81(145-94)69(119)57(116)39-101/h32,34,52-63,65-89,101-106,112-117,119-127H,8-31,33,35-46H2,1-7H3,(H,96,107)(H,97,108)(H,98,109)(H,99,110)(H,100,118)(H,128,129)(H,130,131)(H,132,133)/b34-32+/t52-,53+,54?,55?,56?,57+,58+,59?,60?,61+,62?,63?,65+,66+,67+,68?,69+,70+,71-,72-,73+,74+,75?,76?,77?,78+,79-,80+,81?,82?,83?,84-,85+,86-,87+,88-,89-,93+,94-,95-/m0/s1. The van der Waals surface area contributed by atoms with Gasteiger partial charge in [-0.15, -0.1) is 0 Å². The summed E-state index contributed by atoms with van der Waals surface area (Å²) in [6.07, 6.45) is -51.2. The van der Waals surface area contributed by atoms with Crippen molar-refractivity contribution < 1.29 is 237 Å². The number of esters is 1. The Morgan fingerprint density at radius 2 is 0.750 bits per heavy atom. The fourth-order valence-corrected chi connectivity index (χ4v) is 19.3. The van der Waals surface area contributed by atoms with Gasteiger partial charge in [0, 0.05) is 60.3 Å². The van der Waals surface area contributed by atoms with Crippen LogP contribution in [0.2, 0.25) is 0 Å². The first kappa shape index (κ1) is 128. The minimum absolute atomic E-state index is 0.0420. The van der Waals surface area contributed by atoms with Crippen molar-refractivity contribution in [1.82, 2.24) is 26.6 Å². The Labute approximate surface area is 856 Å². The number of allylic oxidation sites excluding steroid dienone is 1. The average molecular weight is 2140 g/mol. The van der Waals surface area contributed by atoms with Gasteiger partial charge in [0.2, 0.25) is 29.5 Å². The number of hydrogen-bond donors (Lipinski definition) is 29. The summed E-state index contributed by atoms with van der Waals surface area (Å²) in [5, 5.41) is 290. The van der Waals surface area contributed by atoms with Crippen molar-refractivity contribution >= 4 is 53.4 Å². The van der Waals surface area contributed by atoms with Crippen LogP contribution in [0.3, 0.4) is 0 Å². The summed E-state index contributed by atoms with van der Waals surface area (Å²) in [6, 6.07) is -9.45. The molecule has 29 N–H and O–H groups in total. The van der Waals surface area contributed by atoms with E-state index in [0.29, 0.717) is 12.8 Å². The van der Waals surface area contributed by atoms with Crippen molar-refractivity contribution in [3.05, 3.63) is 12.2 Å². The Morgan fingerprint density at radius 1 is 0.378 bits per heavy atom. The molecule has 7 saturated heterocycles. The van der Waals surface area contributed by atoms with Crippen LogP contribution in [0.25, 0.3) is 0 Å². The van der Waals surface area contributed by atoms with E-state index in [9.17, 15) is 166 Å². The number of aliphatic hydroxyl groups is 21. The number of carbonyl (C=O) groups is 9. The summed E-state index contributed by atoms with van der Waals surface area (Å²) in [6.45, 7) is -1.24. The topological polar surface area (TPSA) is 838 Å². The zero-order chi connectivity index (χ0) is 110. The number of rotatable bonds is 65. The maximum absolute atomic E-state index is 14.7. The lowest BCUT2D eigenvalue weighted by Crippen LogP contribution is -2.73. The Hall–Kier alpha value is -6.43. The van der Waals surface area contributed by atoms with Gasteiger partial charge in [-0.1, -0.05) is 167 Å². The maximum Gasteiger partial charge on any atom is 0.364 e. The van der Waals surface area contributed by atoms with E-state index in [1.165, 1.54) is 70.3 Å². The van der Waals surface area contributed by atoms with Gasteiger partial charge in [-0.25, -0.2) is 14.4 Å². The molecule has 856 valence electrons. The van der Waals surface area contributed by atoms with E-state index in [2.05, 4.69) is 40.4 Å². The first-order chi connectivity index (χ1) is 70.2. The molecule has 0 spiro atoms. The third kappa shape index (κ3) is 36.1. The van der Waals surface area contributed by atoms with Gasteiger partial charge in [0.15, 0.2) is 25.2 Å². The molecule has 148 heavy (non-hydrogen) atoms. The largest absolute Gasteiger partial charge is 0.477 e. The van der Waals surface area contributed by atoms with Crippen molar-refractivity contribution in [1.29, 1.82) is 0 Å². The van der Waals surface area contributed by atoms with E-state index in [1.807, 2.05) is 0 Å². The highest BCUT2D eigenvalue weighted by Crippen LogP contribution is 2.45. The van der Waals surface area contributed by atoms with E-state index in [0.717, 1.165) is 118 Å². The van der Waals surface area contributed by atoms with Crippen LogP contribution in [-0.4, -0.2) is 472 Å². The van der Waals surface area contributed by atoms with Crippen molar-refractivity contribution in [2.24, 2.45) is 0 Å². The number of carboxylic acids is 3. The molecule has 5 amide bonds. The molecule has 7 rings (SSSR count). The highest BCUT2D eigenvalue weighted by molar-refractivity contribution is 5.79. The summed E-state index contributed by atoms with van der Waals surface area (Å²) in [5.41, 5.74) is 0. The number of unbranched alkanes of at least 4 members (excludes halogenated alkanes) is 23. The van der Waals surface area contributed by atoms with Gasteiger partial charge in [-0.3, -0.25) is 28.8 Å². The molecule has 0 aromatic carbocycles. The third-order valence-corrected chi connectivity index (χ3v) is 27.4. The Balaban J connectivity index is 1.28. The van der Waals surface area contributed by atoms with Crippen LogP contribution in [0.1, 0.15) is 235 Å². The Bertz CT molecular complexity index is 4010. The normalized spacial score (nSPS) is 35.3. The highest BCUT2D eigenvalue weighted by Gasteiger charge is 2.66. The summed E-state index contributed by atoms with van der Waals surface area (Å²) >= 11 is 0. The number of hydrogen-bond acceptors (Lipinski definition) is 45. The van der Waals surface area contributed by atoms with E-state index in [-0.39, 0.29) is 6.42 Å². The molecule has 7 aliphatic heterocycles. The summed E-state index contributed by atoms with van der Waals surface area (Å²) in [4.78, 5) is 120. The fraction of sp³-hybridized carbons (Fsp3) is 0.884. The summed E-state index contributed by atoms with van der Waals surface area (Å²) in [7, 11) is 0. The van der Waals surface area contributed by atoms with E-state index < -0.39 is 369 Å². The zero-order valence-corrected chi connectivity index (χ0v) is 84.7. The van der Waals surface area contributed by atoms with E-state index in [1.54, 1.807) is 6.08 Å². The zero-order valence-electron chi connectivity index (χ0n) is 84.7. The molecule has 0 radical (unpaired) electrons. The van der Waals surface area contributed by atoms with Gasteiger partial charge in [-0.05, 0) is 19.3 Å². The second kappa shape index (κ2) is 62.9. The second-order valence-corrected chi connectivity index (χ2v) is 39.1. The molecule has 0 saturated carbocycles. The first-order valence-corrected chi connectivity index (χ1v) is 51.2. The monoisotopic (exact) mass is 2140 g/mol. The number of amides is 5. The molecule has 7 aliphatic rings. The Morgan fingerprint density at radius 3 is 1.19 bits per heavy atom.